The van der Waals surface area contributed by atoms with Crippen LogP contribution in [0.2, 0.25) is 0 Å². The monoisotopic (exact) mass is 208 g/mol. The molecule has 1 saturated heterocycles. The molecule has 80 valence electrons. The van der Waals surface area contributed by atoms with Crippen molar-refractivity contribution in [1.82, 2.24) is 10.6 Å². The van der Waals surface area contributed by atoms with E-state index in [1.165, 1.54) is 0 Å². The third-order valence-corrected chi connectivity index (χ3v) is 2.66. The molecule has 0 unspecified atom stereocenters. The number of hydrogen-bond acceptors (Lipinski definition) is 2. The Labute approximate surface area is 79.0 Å². The van der Waals surface area contributed by atoms with Crippen LogP contribution in [0.15, 0.2) is 0 Å². The number of alkyl halides is 3. The van der Waals surface area contributed by atoms with Gasteiger partial charge in [0.05, 0.1) is 6.04 Å². The predicted octanol–water partition coefficient (Wildman–Crippen LogP) is 0.415. The predicted molar refractivity (Wildman–Crippen MR) is 42.5 cm³/mol. The highest BCUT2D eigenvalue weighted by atomic mass is 19.4. The van der Waals surface area contributed by atoms with Crippen LogP contribution in [-0.4, -0.2) is 30.7 Å². The maximum atomic E-state index is 11.8. The number of amides is 1. The minimum absolute atomic E-state index is 0.372. The highest BCUT2D eigenvalue weighted by Gasteiger charge is 2.48. The molecule has 3 nitrogen and oxygen atoms in total. The van der Waals surface area contributed by atoms with Crippen molar-refractivity contribution >= 4 is 5.91 Å². The van der Waals surface area contributed by atoms with Gasteiger partial charge in [-0.15, -0.1) is 0 Å². The van der Waals surface area contributed by atoms with Crippen LogP contribution in [0.4, 0.5) is 13.2 Å². The molecular formula is C8H11F3N2O. The number of nitrogens with one attached hydrogen (secondary N) is 2. The molecule has 1 aliphatic heterocycles. The van der Waals surface area contributed by atoms with Crippen molar-refractivity contribution in [3.8, 4) is 0 Å². The first-order valence-corrected chi connectivity index (χ1v) is 4.56. The van der Waals surface area contributed by atoms with Crippen molar-refractivity contribution in [1.29, 1.82) is 0 Å². The number of fused-ring (bicyclic) bond motifs is 1. The molecule has 1 amide bonds. The van der Waals surface area contributed by atoms with Gasteiger partial charge in [-0.05, 0) is 18.8 Å². The number of rotatable bonds is 2. The van der Waals surface area contributed by atoms with E-state index >= 15 is 0 Å². The van der Waals surface area contributed by atoms with Crippen LogP contribution in [0.3, 0.4) is 0 Å². The van der Waals surface area contributed by atoms with Crippen LogP contribution in [0.5, 0.6) is 0 Å². The van der Waals surface area contributed by atoms with Crippen molar-refractivity contribution in [3.63, 3.8) is 0 Å². The number of carbonyl (C=O) groups excluding carboxylic acids is 1. The van der Waals surface area contributed by atoms with Crippen LogP contribution in [0.25, 0.3) is 0 Å². The molecule has 0 radical (unpaired) electrons. The molecule has 2 rings (SSSR count). The summed E-state index contributed by atoms with van der Waals surface area (Å²) in [5, 5.41) is 4.86. The Morgan fingerprint density at radius 3 is 2.64 bits per heavy atom. The minimum atomic E-state index is -4.32. The molecule has 0 aromatic carbocycles. The van der Waals surface area contributed by atoms with E-state index in [1.54, 1.807) is 0 Å². The van der Waals surface area contributed by atoms with Crippen molar-refractivity contribution in [2.24, 2.45) is 5.92 Å². The van der Waals surface area contributed by atoms with Crippen molar-refractivity contribution in [3.05, 3.63) is 0 Å². The normalized spacial score (nSPS) is 35.2. The minimum Gasteiger partial charge on any atom is -0.346 e. The summed E-state index contributed by atoms with van der Waals surface area (Å²) in [6.45, 7) is -1.24. The van der Waals surface area contributed by atoms with Gasteiger partial charge >= 0.3 is 6.18 Å². The Kier molecular flexibility index (Phi) is 2.17. The van der Waals surface area contributed by atoms with E-state index in [9.17, 15) is 18.0 Å². The van der Waals surface area contributed by atoms with Crippen molar-refractivity contribution < 1.29 is 18.0 Å². The Hall–Kier alpha value is -0.780. The van der Waals surface area contributed by atoms with Gasteiger partial charge in [0.1, 0.15) is 6.54 Å². The summed E-state index contributed by atoms with van der Waals surface area (Å²) in [5.41, 5.74) is 0. The van der Waals surface area contributed by atoms with E-state index in [0.29, 0.717) is 18.4 Å². The lowest BCUT2D eigenvalue weighted by molar-refractivity contribution is -0.139. The molecule has 1 aliphatic carbocycles. The first kappa shape index (κ1) is 9.76. The average Bonchev–Trinajstić information content (AvgIpc) is 2.68. The lowest BCUT2D eigenvalue weighted by Gasteiger charge is -2.14. The van der Waals surface area contributed by atoms with Gasteiger partial charge in [-0.3, -0.25) is 4.79 Å². The zero-order valence-electron chi connectivity index (χ0n) is 7.40. The maximum absolute atomic E-state index is 11.8. The molecule has 1 saturated carbocycles. The molecule has 0 bridgehead atoms. The molecular weight excluding hydrogens is 197 g/mol. The van der Waals surface area contributed by atoms with E-state index in [2.05, 4.69) is 5.32 Å². The molecule has 6 heteroatoms. The van der Waals surface area contributed by atoms with Gasteiger partial charge in [-0.2, -0.15) is 13.2 Å². The molecule has 14 heavy (non-hydrogen) atoms. The molecule has 0 spiro atoms. The quantitative estimate of drug-likeness (QED) is 0.690. The SMILES string of the molecule is O=C(NCC(F)(F)F)[C@@H]1C[C@H]2C[C@H]2N1. The van der Waals surface area contributed by atoms with Gasteiger partial charge in [-0.1, -0.05) is 0 Å². The summed E-state index contributed by atoms with van der Waals surface area (Å²) in [7, 11) is 0. The largest absolute Gasteiger partial charge is 0.405 e. The van der Waals surface area contributed by atoms with E-state index in [0.717, 1.165) is 6.42 Å². The van der Waals surface area contributed by atoms with Gasteiger partial charge < -0.3 is 10.6 Å². The zero-order valence-corrected chi connectivity index (χ0v) is 7.40. The molecule has 2 fully saturated rings. The standard InChI is InChI=1S/C8H11F3N2O/c9-8(10,11)3-12-7(14)6-2-4-1-5(4)13-6/h4-6,13H,1-3H2,(H,12,14)/t4-,5-,6+/m1/s1. The molecule has 0 aromatic heterocycles. The summed E-state index contributed by atoms with van der Waals surface area (Å²) in [6, 6.07) is -0.0438. The molecule has 1 heterocycles. The molecule has 2 aliphatic rings. The van der Waals surface area contributed by atoms with Crippen molar-refractivity contribution in [2.75, 3.05) is 6.54 Å². The number of hydrogen-bond donors (Lipinski definition) is 2. The van der Waals surface area contributed by atoms with Gasteiger partial charge in [-0.25, -0.2) is 0 Å². The van der Waals surface area contributed by atoms with Crippen LogP contribution < -0.4 is 10.6 Å². The van der Waals surface area contributed by atoms with E-state index in [-0.39, 0.29) is 0 Å². The Morgan fingerprint density at radius 1 is 1.43 bits per heavy atom. The van der Waals surface area contributed by atoms with Crippen LogP contribution in [0.1, 0.15) is 12.8 Å². The van der Waals surface area contributed by atoms with Crippen LogP contribution in [0, 0.1) is 5.92 Å². The summed E-state index contributed by atoms with van der Waals surface area (Å²) in [6.07, 6.45) is -2.59. The van der Waals surface area contributed by atoms with E-state index < -0.39 is 24.7 Å². The van der Waals surface area contributed by atoms with Gasteiger partial charge in [0.2, 0.25) is 5.91 Å². The fraction of sp³-hybridized carbons (Fsp3) is 0.875. The lowest BCUT2D eigenvalue weighted by Crippen LogP contribution is -2.45. The number of piperidine rings is 1. The average molecular weight is 208 g/mol. The van der Waals surface area contributed by atoms with Gasteiger partial charge in [0.15, 0.2) is 0 Å². The second-order valence-electron chi connectivity index (χ2n) is 3.89. The molecule has 0 aromatic rings. The summed E-state index contributed by atoms with van der Waals surface area (Å²) in [5.74, 6) is -0.0221. The first-order valence-electron chi connectivity index (χ1n) is 4.56. The Balaban J connectivity index is 1.73. The maximum Gasteiger partial charge on any atom is 0.405 e. The molecule has 3 atom stereocenters. The second-order valence-corrected chi connectivity index (χ2v) is 3.89. The third-order valence-electron chi connectivity index (χ3n) is 2.66. The van der Waals surface area contributed by atoms with Crippen LogP contribution in [-0.2, 0) is 4.79 Å². The van der Waals surface area contributed by atoms with Crippen molar-refractivity contribution in [2.45, 2.75) is 31.1 Å². The highest BCUT2D eigenvalue weighted by Crippen LogP contribution is 2.40. The second kappa shape index (κ2) is 3.12. The summed E-state index contributed by atoms with van der Waals surface area (Å²) >= 11 is 0. The van der Waals surface area contributed by atoms with Gasteiger partial charge in [0, 0.05) is 6.04 Å². The van der Waals surface area contributed by atoms with Gasteiger partial charge in [0.25, 0.3) is 0 Å². The summed E-state index contributed by atoms with van der Waals surface area (Å²) < 4.78 is 35.3. The van der Waals surface area contributed by atoms with E-state index in [1.807, 2.05) is 5.32 Å². The first-order chi connectivity index (χ1) is 6.46. The topological polar surface area (TPSA) is 41.1 Å². The third kappa shape index (κ3) is 2.17. The number of halogens is 3. The fourth-order valence-electron chi connectivity index (χ4n) is 1.83. The van der Waals surface area contributed by atoms with E-state index in [4.69, 9.17) is 0 Å². The summed E-state index contributed by atoms with van der Waals surface area (Å²) in [4.78, 5) is 11.2. The Bertz CT molecular complexity index is 243. The molecule has 2 N–H and O–H groups in total. The fourth-order valence-corrected chi connectivity index (χ4v) is 1.83. The lowest BCUT2D eigenvalue weighted by atomic mass is 10.2. The zero-order chi connectivity index (χ0) is 10.3. The number of carbonyl (C=O) groups is 1. The highest BCUT2D eigenvalue weighted by molar-refractivity contribution is 5.82. The smallest absolute Gasteiger partial charge is 0.346 e. The Morgan fingerprint density at radius 2 is 2.14 bits per heavy atom. The van der Waals surface area contributed by atoms with Crippen LogP contribution >= 0.6 is 0 Å².